The Morgan fingerprint density at radius 2 is 1.86 bits per heavy atom. The summed E-state index contributed by atoms with van der Waals surface area (Å²) in [5.74, 6) is 1.79. The van der Waals surface area contributed by atoms with Crippen molar-refractivity contribution in [2.24, 2.45) is 5.92 Å². The van der Waals surface area contributed by atoms with Crippen LogP contribution in [0, 0.1) is 5.92 Å². The minimum Gasteiger partial charge on any atom is -0.497 e. The number of hydrogen-bond acceptors (Lipinski definition) is 3. The van der Waals surface area contributed by atoms with E-state index in [1.165, 1.54) is 12.8 Å². The number of hydrogen-bond donors (Lipinski definition) is 1. The van der Waals surface area contributed by atoms with E-state index in [4.69, 9.17) is 4.74 Å². The van der Waals surface area contributed by atoms with Crippen LogP contribution in [0.5, 0.6) is 5.75 Å². The van der Waals surface area contributed by atoms with E-state index in [0.29, 0.717) is 17.2 Å². The number of nitrogens with zero attached hydrogens (tertiary/aromatic N) is 1. The first-order valence-corrected chi connectivity index (χ1v) is 9.98. The standard InChI is InChI=1S/C24H26N2O2/c1-16-8-10-17(11-9-16)20-13-12-19(28-2)15-21(20)24(27)26-22-7-3-5-18-6-4-14-25-23(18)22/h3-7,12-17H,8-11H2,1-2H3,(H,26,27). The van der Waals surface area contributed by atoms with Crippen molar-refractivity contribution in [3.8, 4) is 5.75 Å². The molecule has 1 saturated carbocycles. The fraction of sp³-hybridized carbons (Fsp3) is 0.333. The molecule has 0 saturated heterocycles. The molecular formula is C24H26N2O2. The third-order valence-corrected chi connectivity index (χ3v) is 5.84. The van der Waals surface area contributed by atoms with Crippen LogP contribution in [-0.2, 0) is 0 Å². The lowest BCUT2D eigenvalue weighted by atomic mass is 9.78. The quantitative estimate of drug-likeness (QED) is 0.629. The second-order valence-electron chi connectivity index (χ2n) is 7.74. The van der Waals surface area contributed by atoms with Gasteiger partial charge < -0.3 is 10.1 Å². The number of para-hydroxylation sites is 1. The second-order valence-corrected chi connectivity index (χ2v) is 7.74. The summed E-state index contributed by atoms with van der Waals surface area (Å²) in [6.45, 7) is 2.31. The van der Waals surface area contributed by atoms with Crippen molar-refractivity contribution in [2.75, 3.05) is 12.4 Å². The molecule has 0 radical (unpaired) electrons. The number of rotatable bonds is 4. The molecule has 1 aromatic heterocycles. The maximum atomic E-state index is 13.3. The first kappa shape index (κ1) is 18.5. The lowest BCUT2D eigenvalue weighted by Crippen LogP contribution is -2.18. The minimum atomic E-state index is -0.106. The minimum absolute atomic E-state index is 0.106. The van der Waals surface area contributed by atoms with Crippen LogP contribution in [0.25, 0.3) is 10.9 Å². The Labute approximate surface area is 165 Å². The third kappa shape index (κ3) is 3.72. The molecule has 0 aliphatic heterocycles. The van der Waals surface area contributed by atoms with E-state index in [-0.39, 0.29) is 5.91 Å². The molecule has 28 heavy (non-hydrogen) atoms. The molecule has 0 unspecified atom stereocenters. The normalized spacial score (nSPS) is 19.4. The lowest BCUT2D eigenvalue weighted by Gasteiger charge is -2.28. The van der Waals surface area contributed by atoms with Crippen molar-refractivity contribution >= 4 is 22.5 Å². The van der Waals surface area contributed by atoms with Gasteiger partial charge in [0.05, 0.1) is 18.3 Å². The van der Waals surface area contributed by atoms with Gasteiger partial charge in [0, 0.05) is 17.1 Å². The van der Waals surface area contributed by atoms with E-state index in [9.17, 15) is 4.79 Å². The van der Waals surface area contributed by atoms with Crippen LogP contribution in [0.4, 0.5) is 5.69 Å². The number of benzene rings is 2. The first-order valence-electron chi connectivity index (χ1n) is 9.98. The number of aromatic nitrogens is 1. The molecule has 0 bridgehead atoms. The number of methoxy groups -OCH3 is 1. The van der Waals surface area contributed by atoms with Crippen molar-refractivity contribution in [1.29, 1.82) is 0 Å². The summed E-state index contributed by atoms with van der Waals surface area (Å²) in [6.07, 6.45) is 6.43. The smallest absolute Gasteiger partial charge is 0.256 e. The van der Waals surface area contributed by atoms with E-state index in [1.54, 1.807) is 13.3 Å². The van der Waals surface area contributed by atoms with E-state index < -0.39 is 0 Å². The van der Waals surface area contributed by atoms with Crippen LogP contribution in [0.3, 0.4) is 0 Å². The van der Waals surface area contributed by atoms with Gasteiger partial charge in [0.25, 0.3) is 5.91 Å². The fourth-order valence-corrected chi connectivity index (χ4v) is 4.18. The summed E-state index contributed by atoms with van der Waals surface area (Å²) in [5.41, 5.74) is 3.36. The summed E-state index contributed by atoms with van der Waals surface area (Å²) in [4.78, 5) is 17.7. The van der Waals surface area contributed by atoms with Gasteiger partial charge in [0.1, 0.15) is 5.75 Å². The predicted octanol–water partition coefficient (Wildman–Crippen LogP) is 5.79. The molecular weight excluding hydrogens is 348 g/mol. The highest BCUT2D eigenvalue weighted by atomic mass is 16.5. The van der Waals surface area contributed by atoms with Gasteiger partial charge in [-0.15, -0.1) is 0 Å². The number of nitrogens with one attached hydrogen (secondary N) is 1. The van der Waals surface area contributed by atoms with E-state index >= 15 is 0 Å². The number of carbonyl (C=O) groups is 1. The van der Waals surface area contributed by atoms with Crippen molar-refractivity contribution in [3.63, 3.8) is 0 Å². The zero-order valence-corrected chi connectivity index (χ0v) is 16.4. The van der Waals surface area contributed by atoms with Crippen molar-refractivity contribution < 1.29 is 9.53 Å². The Morgan fingerprint density at radius 1 is 1.07 bits per heavy atom. The van der Waals surface area contributed by atoms with Gasteiger partial charge in [0.15, 0.2) is 0 Å². The molecule has 1 aliphatic rings. The van der Waals surface area contributed by atoms with Gasteiger partial charge in [-0.25, -0.2) is 0 Å². The number of amides is 1. The first-order chi connectivity index (χ1) is 13.7. The van der Waals surface area contributed by atoms with Gasteiger partial charge in [0.2, 0.25) is 0 Å². The maximum absolute atomic E-state index is 13.3. The number of anilines is 1. The molecule has 2 aromatic carbocycles. The Hall–Kier alpha value is -2.88. The predicted molar refractivity (Wildman–Crippen MR) is 113 cm³/mol. The lowest BCUT2D eigenvalue weighted by molar-refractivity contribution is 0.102. The molecule has 1 aliphatic carbocycles. The van der Waals surface area contributed by atoms with E-state index in [1.807, 2.05) is 42.5 Å². The van der Waals surface area contributed by atoms with Gasteiger partial charge in [-0.05, 0) is 54.5 Å². The van der Waals surface area contributed by atoms with Crippen LogP contribution in [0.2, 0.25) is 0 Å². The molecule has 4 nitrogen and oxygen atoms in total. The zero-order valence-electron chi connectivity index (χ0n) is 16.4. The van der Waals surface area contributed by atoms with Crippen LogP contribution in [0.1, 0.15) is 54.4 Å². The molecule has 1 amide bonds. The second kappa shape index (κ2) is 8.01. The van der Waals surface area contributed by atoms with Crippen LogP contribution < -0.4 is 10.1 Å². The molecule has 4 heteroatoms. The number of fused-ring (bicyclic) bond motifs is 1. The average molecular weight is 374 g/mol. The molecule has 144 valence electrons. The van der Waals surface area contributed by atoms with Gasteiger partial charge in [-0.1, -0.05) is 44.0 Å². The molecule has 3 aromatic rings. The van der Waals surface area contributed by atoms with Crippen molar-refractivity contribution in [1.82, 2.24) is 4.98 Å². The maximum Gasteiger partial charge on any atom is 0.256 e. The van der Waals surface area contributed by atoms with Crippen molar-refractivity contribution in [2.45, 2.75) is 38.5 Å². The number of pyridine rings is 1. The monoisotopic (exact) mass is 374 g/mol. The van der Waals surface area contributed by atoms with Gasteiger partial charge in [-0.2, -0.15) is 0 Å². The van der Waals surface area contributed by atoms with Crippen molar-refractivity contribution in [3.05, 3.63) is 65.9 Å². The summed E-state index contributed by atoms with van der Waals surface area (Å²) >= 11 is 0. The van der Waals surface area contributed by atoms with Gasteiger partial charge >= 0.3 is 0 Å². The summed E-state index contributed by atoms with van der Waals surface area (Å²) < 4.78 is 5.39. The van der Waals surface area contributed by atoms with Gasteiger partial charge in [-0.3, -0.25) is 9.78 Å². The zero-order chi connectivity index (χ0) is 19.5. The molecule has 4 rings (SSSR count). The molecule has 1 fully saturated rings. The summed E-state index contributed by atoms with van der Waals surface area (Å²) in [6, 6.07) is 15.6. The average Bonchev–Trinajstić information content (AvgIpc) is 2.74. The Morgan fingerprint density at radius 3 is 2.64 bits per heavy atom. The molecule has 0 spiro atoms. The molecule has 1 heterocycles. The molecule has 0 atom stereocenters. The Kier molecular flexibility index (Phi) is 5.29. The Bertz CT molecular complexity index is 986. The number of ether oxygens (including phenoxy) is 1. The van der Waals surface area contributed by atoms with Crippen LogP contribution >= 0.6 is 0 Å². The third-order valence-electron chi connectivity index (χ3n) is 5.84. The van der Waals surface area contributed by atoms with Crippen LogP contribution in [0.15, 0.2) is 54.7 Å². The highest BCUT2D eigenvalue weighted by molar-refractivity contribution is 6.09. The van der Waals surface area contributed by atoms with Crippen LogP contribution in [-0.4, -0.2) is 18.0 Å². The highest BCUT2D eigenvalue weighted by Crippen LogP contribution is 2.38. The highest BCUT2D eigenvalue weighted by Gasteiger charge is 2.24. The van der Waals surface area contributed by atoms with E-state index in [2.05, 4.69) is 23.3 Å². The fourth-order valence-electron chi connectivity index (χ4n) is 4.18. The SMILES string of the molecule is COc1ccc(C2CCC(C)CC2)c(C(=O)Nc2cccc3cccnc23)c1. The summed E-state index contributed by atoms with van der Waals surface area (Å²) in [5, 5.41) is 4.09. The topological polar surface area (TPSA) is 51.2 Å². The summed E-state index contributed by atoms with van der Waals surface area (Å²) in [7, 11) is 1.63. The van der Waals surface area contributed by atoms with E-state index in [0.717, 1.165) is 40.9 Å². The molecule has 1 N–H and O–H groups in total. The number of carbonyl (C=O) groups excluding carboxylic acids is 1. The Balaban J connectivity index is 1.67. The largest absolute Gasteiger partial charge is 0.497 e.